The number of aromatic nitrogens is 1. The van der Waals surface area contributed by atoms with Gasteiger partial charge in [-0.1, -0.05) is 29.8 Å². The molecule has 0 unspecified atom stereocenters. The van der Waals surface area contributed by atoms with Crippen molar-refractivity contribution in [3.8, 4) is 11.3 Å². The molecule has 2 aromatic carbocycles. The van der Waals surface area contributed by atoms with Gasteiger partial charge in [-0.15, -0.1) is 0 Å². The van der Waals surface area contributed by atoms with E-state index in [9.17, 15) is 0 Å². The van der Waals surface area contributed by atoms with E-state index in [0.29, 0.717) is 0 Å². The van der Waals surface area contributed by atoms with E-state index < -0.39 is 0 Å². The molecule has 0 radical (unpaired) electrons. The van der Waals surface area contributed by atoms with Crippen molar-refractivity contribution in [3.63, 3.8) is 0 Å². The molecule has 0 amide bonds. The zero-order valence-corrected chi connectivity index (χ0v) is 12.5. The van der Waals surface area contributed by atoms with Crippen LogP contribution in [0.25, 0.3) is 22.0 Å². The van der Waals surface area contributed by atoms with E-state index in [0.717, 1.165) is 5.69 Å². The second-order valence-electron chi connectivity index (χ2n) is 5.56. The monoisotopic (exact) mass is 261 g/mol. The highest BCUT2D eigenvalue weighted by Gasteiger charge is 2.10. The molecule has 0 aliphatic rings. The van der Waals surface area contributed by atoms with E-state index in [1.165, 1.54) is 38.6 Å². The van der Waals surface area contributed by atoms with Crippen LogP contribution >= 0.6 is 0 Å². The summed E-state index contributed by atoms with van der Waals surface area (Å²) >= 11 is 0. The van der Waals surface area contributed by atoms with Gasteiger partial charge in [0.2, 0.25) is 0 Å². The van der Waals surface area contributed by atoms with Gasteiger partial charge < -0.3 is 0 Å². The average molecular weight is 261 g/mol. The highest BCUT2D eigenvalue weighted by atomic mass is 14.7. The van der Waals surface area contributed by atoms with Crippen LogP contribution in [-0.4, -0.2) is 4.98 Å². The van der Waals surface area contributed by atoms with Gasteiger partial charge in [0.05, 0.1) is 5.69 Å². The first-order valence-corrected chi connectivity index (χ1v) is 7.00. The summed E-state index contributed by atoms with van der Waals surface area (Å²) in [4.78, 5) is 4.65. The van der Waals surface area contributed by atoms with Crippen molar-refractivity contribution in [3.05, 3.63) is 64.8 Å². The maximum atomic E-state index is 4.65. The SMILES string of the molecule is Cc1ccc2ccnc(-c3ccc(C)c(C)c3C)c2c1. The van der Waals surface area contributed by atoms with E-state index in [1.807, 2.05) is 6.20 Å². The Morgan fingerprint density at radius 3 is 2.40 bits per heavy atom. The fraction of sp³-hybridized carbons (Fsp3) is 0.211. The van der Waals surface area contributed by atoms with Crippen molar-refractivity contribution in [2.75, 3.05) is 0 Å². The molecule has 1 heteroatoms. The minimum Gasteiger partial charge on any atom is -0.256 e. The first kappa shape index (κ1) is 12.9. The number of hydrogen-bond donors (Lipinski definition) is 0. The van der Waals surface area contributed by atoms with Gasteiger partial charge in [0, 0.05) is 17.1 Å². The predicted octanol–water partition coefficient (Wildman–Crippen LogP) is 5.14. The summed E-state index contributed by atoms with van der Waals surface area (Å²) in [6, 6.07) is 13.0. The molecule has 0 fully saturated rings. The molecule has 20 heavy (non-hydrogen) atoms. The Morgan fingerprint density at radius 2 is 1.60 bits per heavy atom. The minimum atomic E-state index is 1.09. The number of hydrogen-bond acceptors (Lipinski definition) is 1. The second kappa shape index (κ2) is 4.75. The summed E-state index contributed by atoms with van der Waals surface area (Å²) in [5, 5.41) is 2.48. The van der Waals surface area contributed by atoms with Crippen molar-refractivity contribution < 1.29 is 0 Å². The first-order valence-electron chi connectivity index (χ1n) is 7.00. The van der Waals surface area contributed by atoms with E-state index in [1.54, 1.807) is 0 Å². The molecule has 0 aliphatic carbocycles. The standard InChI is InChI=1S/C19H19N/c1-12-5-7-16-9-10-20-19(18(16)11-12)17-8-6-13(2)14(3)15(17)4/h5-11H,1-4H3. The maximum Gasteiger partial charge on any atom is 0.0783 e. The summed E-state index contributed by atoms with van der Waals surface area (Å²) in [7, 11) is 0. The third kappa shape index (κ3) is 2.00. The summed E-state index contributed by atoms with van der Waals surface area (Å²) in [5.41, 5.74) is 7.62. The molecule has 0 saturated carbocycles. The smallest absolute Gasteiger partial charge is 0.0783 e. The molecule has 0 bridgehead atoms. The highest BCUT2D eigenvalue weighted by Crippen LogP contribution is 2.31. The Kier molecular flexibility index (Phi) is 3.06. The molecular weight excluding hydrogens is 242 g/mol. The highest BCUT2D eigenvalue weighted by molar-refractivity contribution is 5.95. The summed E-state index contributed by atoms with van der Waals surface area (Å²) in [5.74, 6) is 0. The molecule has 1 heterocycles. The van der Waals surface area contributed by atoms with Crippen LogP contribution < -0.4 is 0 Å². The van der Waals surface area contributed by atoms with Crippen molar-refractivity contribution in [1.82, 2.24) is 4.98 Å². The van der Waals surface area contributed by atoms with Crippen LogP contribution in [0.2, 0.25) is 0 Å². The molecule has 1 aromatic heterocycles. The lowest BCUT2D eigenvalue weighted by Gasteiger charge is -2.13. The van der Waals surface area contributed by atoms with E-state index in [2.05, 4.69) is 69.1 Å². The molecule has 3 aromatic rings. The number of benzene rings is 2. The van der Waals surface area contributed by atoms with E-state index >= 15 is 0 Å². The van der Waals surface area contributed by atoms with E-state index in [4.69, 9.17) is 0 Å². The van der Waals surface area contributed by atoms with Gasteiger partial charge >= 0.3 is 0 Å². The quantitative estimate of drug-likeness (QED) is 0.591. The average Bonchev–Trinajstić information content (AvgIpc) is 2.45. The van der Waals surface area contributed by atoms with Crippen molar-refractivity contribution >= 4 is 10.8 Å². The predicted molar refractivity (Wildman–Crippen MR) is 86.1 cm³/mol. The van der Waals surface area contributed by atoms with Gasteiger partial charge in [0.1, 0.15) is 0 Å². The molecule has 0 aliphatic heterocycles. The van der Waals surface area contributed by atoms with Gasteiger partial charge in [-0.3, -0.25) is 4.98 Å². The van der Waals surface area contributed by atoms with Crippen LogP contribution in [0.1, 0.15) is 22.3 Å². The Bertz CT molecular complexity index is 800. The fourth-order valence-electron chi connectivity index (χ4n) is 2.71. The zero-order chi connectivity index (χ0) is 14.3. The van der Waals surface area contributed by atoms with Crippen LogP contribution in [-0.2, 0) is 0 Å². The Labute approximate surface area is 120 Å². The van der Waals surface area contributed by atoms with Crippen LogP contribution in [0.3, 0.4) is 0 Å². The summed E-state index contributed by atoms with van der Waals surface area (Å²) < 4.78 is 0. The molecule has 0 saturated heterocycles. The maximum absolute atomic E-state index is 4.65. The molecule has 1 nitrogen and oxygen atoms in total. The Morgan fingerprint density at radius 1 is 0.800 bits per heavy atom. The lowest BCUT2D eigenvalue weighted by molar-refractivity contribution is 1.25. The molecule has 3 rings (SSSR count). The number of aryl methyl sites for hydroxylation is 2. The van der Waals surface area contributed by atoms with Crippen LogP contribution in [0.15, 0.2) is 42.6 Å². The second-order valence-corrected chi connectivity index (χ2v) is 5.56. The van der Waals surface area contributed by atoms with Crippen molar-refractivity contribution in [2.45, 2.75) is 27.7 Å². The van der Waals surface area contributed by atoms with Gasteiger partial charge in [0.15, 0.2) is 0 Å². The topological polar surface area (TPSA) is 12.9 Å². The number of fused-ring (bicyclic) bond motifs is 1. The number of nitrogens with zero attached hydrogens (tertiary/aromatic N) is 1. The summed E-state index contributed by atoms with van der Waals surface area (Å²) in [6.07, 6.45) is 1.90. The molecule has 0 spiro atoms. The summed E-state index contributed by atoms with van der Waals surface area (Å²) in [6.45, 7) is 8.66. The fourth-order valence-corrected chi connectivity index (χ4v) is 2.71. The molecule has 0 atom stereocenters. The van der Waals surface area contributed by atoms with Crippen LogP contribution in [0, 0.1) is 27.7 Å². The van der Waals surface area contributed by atoms with Gasteiger partial charge in [0.25, 0.3) is 0 Å². The van der Waals surface area contributed by atoms with Crippen molar-refractivity contribution in [1.29, 1.82) is 0 Å². The largest absolute Gasteiger partial charge is 0.256 e. The normalized spacial score (nSPS) is 11.0. The number of pyridine rings is 1. The van der Waals surface area contributed by atoms with Crippen LogP contribution in [0.5, 0.6) is 0 Å². The van der Waals surface area contributed by atoms with Gasteiger partial charge in [-0.2, -0.15) is 0 Å². The lowest BCUT2D eigenvalue weighted by atomic mass is 9.94. The third-order valence-electron chi connectivity index (χ3n) is 4.23. The third-order valence-corrected chi connectivity index (χ3v) is 4.23. The lowest BCUT2D eigenvalue weighted by Crippen LogP contribution is -1.94. The Balaban J connectivity index is 2.35. The number of rotatable bonds is 1. The van der Waals surface area contributed by atoms with Crippen molar-refractivity contribution in [2.24, 2.45) is 0 Å². The van der Waals surface area contributed by atoms with Gasteiger partial charge in [-0.25, -0.2) is 0 Å². The Hall–Kier alpha value is -2.15. The molecule has 100 valence electrons. The molecular formula is C19H19N. The van der Waals surface area contributed by atoms with Gasteiger partial charge in [-0.05, 0) is 61.9 Å². The first-order chi connectivity index (χ1) is 9.58. The van der Waals surface area contributed by atoms with Crippen LogP contribution in [0.4, 0.5) is 0 Å². The molecule has 0 N–H and O–H groups in total. The zero-order valence-electron chi connectivity index (χ0n) is 12.5. The minimum absolute atomic E-state index is 1.09. The van der Waals surface area contributed by atoms with E-state index in [-0.39, 0.29) is 0 Å².